The number of imide groups is 1. The SMILES string of the molecule is Cc1cc(NC2CCC(=O)N(C)C2=O)c2ccccc2n1. The van der Waals surface area contributed by atoms with E-state index >= 15 is 0 Å². The molecule has 0 aliphatic carbocycles. The second kappa shape index (κ2) is 5.16. The van der Waals surface area contributed by atoms with Gasteiger partial charge in [0.25, 0.3) is 5.91 Å². The highest BCUT2D eigenvalue weighted by molar-refractivity contribution is 6.02. The summed E-state index contributed by atoms with van der Waals surface area (Å²) in [5.74, 6) is -0.293. The van der Waals surface area contributed by atoms with Crippen molar-refractivity contribution in [3.63, 3.8) is 0 Å². The zero-order valence-electron chi connectivity index (χ0n) is 12.1. The normalized spacial score (nSPS) is 19.1. The van der Waals surface area contributed by atoms with Crippen LogP contribution in [0, 0.1) is 6.92 Å². The van der Waals surface area contributed by atoms with Gasteiger partial charge in [0.2, 0.25) is 5.91 Å². The number of aromatic nitrogens is 1. The number of carbonyl (C=O) groups is 2. The fraction of sp³-hybridized carbons (Fsp3) is 0.312. The van der Waals surface area contributed by atoms with Crippen molar-refractivity contribution in [2.24, 2.45) is 0 Å². The largest absolute Gasteiger partial charge is 0.373 e. The highest BCUT2D eigenvalue weighted by Crippen LogP contribution is 2.25. The van der Waals surface area contributed by atoms with Crippen LogP contribution in [0.25, 0.3) is 10.9 Å². The summed E-state index contributed by atoms with van der Waals surface area (Å²) < 4.78 is 0. The molecule has 0 bridgehead atoms. The Morgan fingerprint density at radius 2 is 2.05 bits per heavy atom. The van der Waals surface area contributed by atoms with Crippen molar-refractivity contribution in [1.82, 2.24) is 9.88 Å². The molecule has 1 unspecified atom stereocenters. The number of piperidine rings is 1. The molecule has 2 heterocycles. The van der Waals surface area contributed by atoms with Crippen molar-refractivity contribution in [3.05, 3.63) is 36.0 Å². The lowest BCUT2D eigenvalue weighted by molar-refractivity contribution is -0.146. The Hall–Kier alpha value is -2.43. The number of carbonyl (C=O) groups excluding carboxylic acids is 2. The summed E-state index contributed by atoms with van der Waals surface area (Å²) in [7, 11) is 1.54. The van der Waals surface area contributed by atoms with Gasteiger partial charge in [-0.1, -0.05) is 18.2 Å². The van der Waals surface area contributed by atoms with E-state index in [0.717, 1.165) is 22.3 Å². The van der Waals surface area contributed by atoms with E-state index in [4.69, 9.17) is 0 Å². The van der Waals surface area contributed by atoms with Gasteiger partial charge in [0.1, 0.15) is 6.04 Å². The third-order valence-electron chi connectivity index (χ3n) is 3.82. The van der Waals surface area contributed by atoms with Crippen molar-refractivity contribution in [3.8, 4) is 0 Å². The number of hydrogen-bond acceptors (Lipinski definition) is 4. The molecule has 3 rings (SSSR count). The van der Waals surface area contributed by atoms with Crippen LogP contribution in [0.1, 0.15) is 18.5 Å². The summed E-state index contributed by atoms with van der Waals surface area (Å²) in [6, 6.07) is 9.39. The third-order valence-corrected chi connectivity index (χ3v) is 3.82. The van der Waals surface area contributed by atoms with Crippen LogP contribution in [0.15, 0.2) is 30.3 Å². The molecule has 1 N–H and O–H groups in total. The van der Waals surface area contributed by atoms with E-state index in [1.165, 1.54) is 11.9 Å². The molecule has 1 fully saturated rings. The molecular weight excluding hydrogens is 266 g/mol. The summed E-state index contributed by atoms with van der Waals surface area (Å²) >= 11 is 0. The van der Waals surface area contributed by atoms with Crippen molar-refractivity contribution >= 4 is 28.4 Å². The van der Waals surface area contributed by atoms with Crippen molar-refractivity contribution in [2.75, 3.05) is 12.4 Å². The van der Waals surface area contributed by atoms with Crippen LogP contribution in [0.4, 0.5) is 5.69 Å². The number of nitrogens with one attached hydrogen (secondary N) is 1. The molecule has 0 saturated carbocycles. The molecule has 5 nitrogen and oxygen atoms in total. The molecule has 1 aliphatic heterocycles. The van der Waals surface area contributed by atoms with Crippen LogP contribution in [0.3, 0.4) is 0 Å². The second-order valence-corrected chi connectivity index (χ2v) is 5.35. The van der Waals surface area contributed by atoms with E-state index in [0.29, 0.717) is 12.8 Å². The Balaban J connectivity index is 1.95. The number of nitrogens with zero attached hydrogens (tertiary/aromatic N) is 2. The first kappa shape index (κ1) is 13.5. The zero-order valence-corrected chi connectivity index (χ0v) is 12.1. The van der Waals surface area contributed by atoms with E-state index in [1.807, 2.05) is 37.3 Å². The first-order valence-electron chi connectivity index (χ1n) is 6.99. The molecule has 5 heteroatoms. The Bertz CT molecular complexity index is 727. The monoisotopic (exact) mass is 283 g/mol. The predicted octanol–water partition coefficient (Wildman–Crippen LogP) is 2.10. The molecule has 1 atom stereocenters. The summed E-state index contributed by atoms with van der Waals surface area (Å²) in [6.07, 6.45) is 0.916. The molecule has 2 amide bonds. The second-order valence-electron chi connectivity index (χ2n) is 5.35. The van der Waals surface area contributed by atoms with Gasteiger partial charge in [-0.15, -0.1) is 0 Å². The van der Waals surface area contributed by atoms with E-state index in [-0.39, 0.29) is 17.9 Å². The number of hydrogen-bond donors (Lipinski definition) is 1. The molecule has 2 aromatic rings. The average molecular weight is 283 g/mol. The summed E-state index contributed by atoms with van der Waals surface area (Å²) in [4.78, 5) is 29.4. The number of likely N-dealkylation sites (N-methyl/N-ethyl adjacent to an activating group) is 1. The van der Waals surface area contributed by atoms with Crippen LogP contribution in [-0.4, -0.2) is 34.8 Å². The minimum Gasteiger partial charge on any atom is -0.373 e. The standard InChI is InChI=1S/C16H17N3O2/c1-10-9-14(11-5-3-4-6-12(11)17-10)18-13-7-8-15(20)19(2)16(13)21/h3-6,9,13H,7-8H2,1-2H3,(H,17,18). The van der Waals surface area contributed by atoms with Gasteiger partial charge in [0, 0.05) is 30.2 Å². The van der Waals surface area contributed by atoms with Crippen LogP contribution >= 0.6 is 0 Å². The number of rotatable bonds is 2. The van der Waals surface area contributed by atoms with Gasteiger partial charge in [0.05, 0.1) is 5.52 Å². The van der Waals surface area contributed by atoms with Gasteiger partial charge in [-0.3, -0.25) is 19.5 Å². The molecule has 0 radical (unpaired) electrons. The number of pyridine rings is 1. The zero-order chi connectivity index (χ0) is 15.0. The van der Waals surface area contributed by atoms with Gasteiger partial charge < -0.3 is 5.32 Å². The van der Waals surface area contributed by atoms with Gasteiger partial charge in [-0.2, -0.15) is 0 Å². The van der Waals surface area contributed by atoms with Crippen molar-refractivity contribution in [2.45, 2.75) is 25.8 Å². The Labute approximate surface area is 123 Å². The lowest BCUT2D eigenvalue weighted by Crippen LogP contribution is -2.48. The third kappa shape index (κ3) is 2.46. The molecule has 1 aliphatic rings. The first-order valence-corrected chi connectivity index (χ1v) is 6.99. The molecule has 21 heavy (non-hydrogen) atoms. The quantitative estimate of drug-likeness (QED) is 0.857. The topological polar surface area (TPSA) is 62.3 Å². The minimum absolute atomic E-state index is 0.117. The van der Waals surface area contributed by atoms with Gasteiger partial charge in [-0.05, 0) is 25.5 Å². The van der Waals surface area contributed by atoms with Crippen molar-refractivity contribution in [1.29, 1.82) is 0 Å². The average Bonchev–Trinajstić information content (AvgIpc) is 2.47. The number of anilines is 1. The number of likely N-dealkylation sites (tertiary alicyclic amines) is 1. The lowest BCUT2D eigenvalue weighted by Gasteiger charge is -2.29. The smallest absolute Gasteiger partial charge is 0.251 e. The fourth-order valence-electron chi connectivity index (χ4n) is 2.66. The summed E-state index contributed by atoms with van der Waals surface area (Å²) in [5, 5.41) is 4.26. The van der Waals surface area contributed by atoms with Gasteiger partial charge in [-0.25, -0.2) is 0 Å². The first-order chi connectivity index (χ1) is 10.1. The lowest BCUT2D eigenvalue weighted by atomic mass is 10.0. The number of amides is 2. The van der Waals surface area contributed by atoms with Crippen LogP contribution in [0.5, 0.6) is 0 Å². The van der Waals surface area contributed by atoms with Crippen LogP contribution < -0.4 is 5.32 Å². The van der Waals surface area contributed by atoms with E-state index in [1.54, 1.807) is 0 Å². The summed E-state index contributed by atoms with van der Waals surface area (Å²) in [5.41, 5.74) is 2.68. The Kier molecular flexibility index (Phi) is 3.33. The maximum atomic E-state index is 12.2. The summed E-state index contributed by atoms with van der Waals surface area (Å²) in [6.45, 7) is 1.93. The Morgan fingerprint density at radius 3 is 2.86 bits per heavy atom. The number of fused-ring (bicyclic) bond motifs is 1. The van der Waals surface area contributed by atoms with Crippen LogP contribution in [-0.2, 0) is 9.59 Å². The molecule has 108 valence electrons. The van der Waals surface area contributed by atoms with E-state index in [9.17, 15) is 9.59 Å². The fourth-order valence-corrected chi connectivity index (χ4v) is 2.66. The Morgan fingerprint density at radius 1 is 1.29 bits per heavy atom. The molecular formula is C16H17N3O2. The number of benzene rings is 1. The highest BCUT2D eigenvalue weighted by atomic mass is 16.2. The molecule has 1 aromatic carbocycles. The highest BCUT2D eigenvalue weighted by Gasteiger charge is 2.31. The van der Waals surface area contributed by atoms with Gasteiger partial charge >= 0.3 is 0 Å². The predicted molar refractivity (Wildman–Crippen MR) is 80.9 cm³/mol. The molecule has 0 spiro atoms. The van der Waals surface area contributed by atoms with Crippen molar-refractivity contribution < 1.29 is 9.59 Å². The maximum Gasteiger partial charge on any atom is 0.251 e. The number of para-hydroxylation sites is 1. The van der Waals surface area contributed by atoms with Gasteiger partial charge in [0.15, 0.2) is 0 Å². The molecule has 1 aromatic heterocycles. The van der Waals surface area contributed by atoms with E-state index in [2.05, 4.69) is 10.3 Å². The van der Waals surface area contributed by atoms with Crippen LogP contribution in [0.2, 0.25) is 0 Å². The van der Waals surface area contributed by atoms with E-state index < -0.39 is 0 Å². The maximum absolute atomic E-state index is 12.2. The molecule has 1 saturated heterocycles. The number of aryl methyl sites for hydroxylation is 1. The minimum atomic E-state index is -0.363.